The van der Waals surface area contributed by atoms with Crippen LogP contribution in [-0.4, -0.2) is 25.2 Å². The van der Waals surface area contributed by atoms with Gasteiger partial charge in [0, 0.05) is 11.0 Å². The average molecular weight is 588 g/mol. The SMILES string of the molecule is Cc1cc(C)c(S(=O)(=O)N(CC(=O)Nc2ccc(Br)cc2F)Cc2ccc(Cl)c(Cl)c2)c(C)c1. The summed E-state index contributed by atoms with van der Waals surface area (Å²) in [5.41, 5.74) is 2.55. The maximum Gasteiger partial charge on any atom is 0.244 e. The predicted molar refractivity (Wildman–Crippen MR) is 137 cm³/mol. The number of nitrogens with zero attached hydrogens (tertiary/aromatic N) is 1. The average Bonchev–Trinajstić information content (AvgIpc) is 2.71. The normalized spacial score (nSPS) is 11.6. The quantitative estimate of drug-likeness (QED) is 0.336. The van der Waals surface area contributed by atoms with Crippen molar-refractivity contribution in [2.75, 3.05) is 11.9 Å². The molecule has 0 aliphatic heterocycles. The molecule has 0 saturated heterocycles. The standard InChI is InChI=1S/C24H22BrCl2FN2O3S/c1-14-8-15(2)24(16(3)9-14)34(32,33)30(12-17-4-6-19(26)20(27)10-17)13-23(31)29-22-7-5-18(25)11-21(22)28/h4-11H,12-13H2,1-3H3,(H,29,31). The fourth-order valence-corrected chi connectivity index (χ4v) is 6.16. The van der Waals surface area contributed by atoms with Gasteiger partial charge in [-0.1, -0.05) is 62.9 Å². The van der Waals surface area contributed by atoms with E-state index in [4.69, 9.17) is 23.2 Å². The zero-order valence-corrected chi connectivity index (χ0v) is 22.5. The minimum atomic E-state index is -4.11. The zero-order valence-electron chi connectivity index (χ0n) is 18.6. The summed E-state index contributed by atoms with van der Waals surface area (Å²) < 4.78 is 43.3. The van der Waals surface area contributed by atoms with Crippen molar-refractivity contribution in [2.45, 2.75) is 32.2 Å². The van der Waals surface area contributed by atoms with Crippen molar-refractivity contribution in [1.29, 1.82) is 0 Å². The van der Waals surface area contributed by atoms with Gasteiger partial charge in [0.2, 0.25) is 15.9 Å². The molecule has 1 amide bonds. The van der Waals surface area contributed by atoms with Crippen molar-refractivity contribution in [3.8, 4) is 0 Å². The maximum atomic E-state index is 14.2. The van der Waals surface area contributed by atoms with Crippen LogP contribution in [0.25, 0.3) is 0 Å². The molecule has 10 heteroatoms. The lowest BCUT2D eigenvalue weighted by Gasteiger charge is -2.24. The van der Waals surface area contributed by atoms with Crippen molar-refractivity contribution in [3.63, 3.8) is 0 Å². The van der Waals surface area contributed by atoms with E-state index in [1.165, 1.54) is 12.1 Å². The number of carbonyl (C=O) groups excluding carboxylic acids is 1. The van der Waals surface area contributed by atoms with E-state index >= 15 is 0 Å². The summed E-state index contributed by atoms with van der Waals surface area (Å²) in [6.45, 7) is 4.63. The number of anilines is 1. The van der Waals surface area contributed by atoms with E-state index in [1.807, 2.05) is 6.92 Å². The van der Waals surface area contributed by atoms with E-state index in [0.717, 1.165) is 9.87 Å². The highest BCUT2D eigenvalue weighted by molar-refractivity contribution is 9.10. The van der Waals surface area contributed by atoms with Crippen molar-refractivity contribution >= 4 is 60.7 Å². The number of halogens is 4. The summed E-state index contributed by atoms with van der Waals surface area (Å²) in [4.78, 5) is 13.0. The molecule has 0 radical (unpaired) electrons. The summed E-state index contributed by atoms with van der Waals surface area (Å²) >= 11 is 15.3. The summed E-state index contributed by atoms with van der Waals surface area (Å²) in [6.07, 6.45) is 0. The number of rotatable bonds is 7. The number of carbonyl (C=O) groups is 1. The van der Waals surface area contributed by atoms with Crippen LogP contribution in [0.3, 0.4) is 0 Å². The Morgan fingerprint density at radius 2 is 1.65 bits per heavy atom. The first-order chi connectivity index (χ1) is 15.9. The van der Waals surface area contributed by atoms with E-state index in [2.05, 4.69) is 21.2 Å². The van der Waals surface area contributed by atoms with Crippen LogP contribution in [0.4, 0.5) is 10.1 Å². The molecule has 0 unspecified atom stereocenters. The van der Waals surface area contributed by atoms with Crippen LogP contribution in [0.1, 0.15) is 22.3 Å². The Kier molecular flexibility index (Phi) is 8.42. The van der Waals surface area contributed by atoms with E-state index < -0.39 is 28.3 Å². The maximum absolute atomic E-state index is 14.2. The van der Waals surface area contributed by atoms with Gasteiger partial charge in [-0.2, -0.15) is 4.31 Å². The van der Waals surface area contributed by atoms with E-state index in [-0.39, 0.29) is 22.2 Å². The lowest BCUT2D eigenvalue weighted by atomic mass is 10.1. The molecule has 3 aromatic carbocycles. The van der Waals surface area contributed by atoms with Crippen molar-refractivity contribution < 1.29 is 17.6 Å². The van der Waals surface area contributed by atoms with Crippen molar-refractivity contribution in [1.82, 2.24) is 4.31 Å². The third kappa shape index (κ3) is 6.17. The van der Waals surface area contributed by atoms with Crippen LogP contribution in [0.5, 0.6) is 0 Å². The van der Waals surface area contributed by atoms with Gasteiger partial charge in [-0.3, -0.25) is 4.79 Å². The molecule has 5 nitrogen and oxygen atoms in total. The Labute approximate surface area is 217 Å². The zero-order chi connectivity index (χ0) is 25.2. The highest BCUT2D eigenvalue weighted by atomic mass is 79.9. The Bertz CT molecular complexity index is 1340. The number of sulfonamides is 1. The second kappa shape index (κ2) is 10.7. The molecule has 0 heterocycles. The molecule has 0 spiro atoms. The van der Waals surface area contributed by atoms with E-state index in [1.54, 1.807) is 50.2 Å². The summed E-state index contributed by atoms with van der Waals surface area (Å²) in [5.74, 6) is -1.33. The molecule has 180 valence electrons. The molecule has 3 rings (SSSR count). The van der Waals surface area contributed by atoms with Crippen LogP contribution in [0.15, 0.2) is 57.9 Å². The minimum absolute atomic E-state index is 0.0530. The van der Waals surface area contributed by atoms with Gasteiger partial charge >= 0.3 is 0 Å². The van der Waals surface area contributed by atoms with Gasteiger partial charge in [0.15, 0.2) is 0 Å². The number of hydrogen-bond acceptors (Lipinski definition) is 3. The molecular formula is C24H22BrCl2FN2O3S. The lowest BCUT2D eigenvalue weighted by molar-refractivity contribution is -0.116. The summed E-state index contributed by atoms with van der Waals surface area (Å²) in [5, 5.41) is 3.04. The summed E-state index contributed by atoms with van der Waals surface area (Å²) in [6, 6.07) is 12.5. The number of amides is 1. The highest BCUT2D eigenvalue weighted by Crippen LogP contribution is 2.29. The van der Waals surface area contributed by atoms with Gasteiger partial charge in [0.05, 0.1) is 27.2 Å². The molecule has 0 aromatic heterocycles. The van der Waals surface area contributed by atoms with Crippen LogP contribution in [0.2, 0.25) is 10.0 Å². The molecule has 0 aliphatic carbocycles. The molecule has 34 heavy (non-hydrogen) atoms. The van der Waals surface area contributed by atoms with Gasteiger partial charge in [-0.15, -0.1) is 0 Å². The second-order valence-corrected chi connectivity index (χ2v) is 11.5. The smallest absolute Gasteiger partial charge is 0.244 e. The van der Waals surface area contributed by atoms with Gasteiger partial charge in [0.25, 0.3) is 0 Å². The van der Waals surface area contributed by atoms with E-state index in [0.29, 0.717) is 26.2 Å². The van der Waals surface area contributed by atoms with Crippen molar-refractivity contribution in [3.05, 3.63) is 91.1 Å². The van der Waals surface area contributed by atoms with Crippen LogP contribution < -0.4 is 5.32 Å². The topological polar surface area (TPSA) is 66.5 Å². The molecule has 3 aromatic rings. The third-order valence-corrected chi connectivity index (χ3v) is 8.40. The van der Waals surface area contributed by atoms with Crippen LogP contribution in [-0.2, 0) is 21.4 Å². The molecule has 0 fully saturated rings. The Morgan fingerprint density at radius 1 is 1.00 bits per heavy atom. The fraction of sp³-hybridized carbons (Fsp3) is 0.208. The van der Waals surface area contributed by atoms with Gasteiger partial charge in [-0.25, -0.2) is 12.8 Å². The van der Waals surface area contributed by atoms with Crippen molar-refractivity contribution in [2.24, 2.45) is 0 Å². The Balaban J connectivity index is 1.99. The number of nitrogens with one attached hydrogen (secondary N) is 1. The Morgan fingerprint density at radius 3 is 2.24 bits per heavy atom. The van der Waals surface area contributed by atoms with E-state index in [9.17, 15) is 17.6 Å². The first kappa shape index (κ1) is 26.6. The minimum Gasteiger partial charge on any atom is -0.322 e. The summed E-state index contributed by atoms with van der Waals surface area (Å²) in [7, 11) is -4.11. The molecular weight excluding hydrogens is 566 g/mol. The number of benzene rings is 3. The third-order valence-electron chi connectivity index (χ3n) is 5.07. The number of aryl methyl sites for hydroxylation is 3. The fourth-order valence-electron chi connectivity index (χ4n) is 3.71. The highest BCUT2D eigenvalue weighted by Gasteiger charge is 2.30. The Hall–Kier alpha value is -1.97. The molecule has 0 saturated carbocycles. The molecule has 0 atom stereocenters. The predicted octanol–water partition coefficient (Wildman–Crippen LogP) is 6.65. The first-order valence-corrected chi connectivity index (χ1v) is 13.1. The van der Waals surface area contributed by atoms with Gasteiger partial charge in [-0.05, 0) is 67.8 Å². The van der Waals surface area contributed by atoms with Crippen LogP contribution in [0, 0.1) is 26.6 Å². The van der Waals surface area contributed by atoms with Gasteiger partial charge in [0.1, 0.15) is 5.82 Å². The first-order valence-electron chi connectivity index (χ1n) is 10.2. The largest absolute Gasteiger partial charge is 0.322 e. The molecule has 1 N–H and O–H groups in total. The van der Waals surface area contributed by atoms with Crippen LogP contribution >= 0.6 is 39.1 Å². The monoisotopic (exact) mass is 586 g/mol. The molecule has 0 aliphatic rings. The lowest BCUT2D eigenvalue weighted by Crippen LogP contribution is -2.38. The number of hydrogen-bond donors (Lipinski definition) is 1. The molecule has 0 bridgehead atoms. The van der Waals surface area contributed by atoms with Gasteiger partial charge < -0.3 is 5.32 Å². The second-order valence-electron chi connectivity index (χ2n) is 7.92.